The summed E-state index contributed by atoms with van der Waals surface area (Å²) in [6, 6.07) is 3.66. The van der Waals surface area contributed by atoms with Crippen molar-refractivity contribution >= 4 is 27.6 Å². The third-order valence-corrected chi connectivity index (χ3v) is 5.74. The second kappa shape index (κ2) is 6.34. The summed E-state index contributed by atoms with van der Waals surface area (Å²) in [5.74, 6) is -0.234. The van der Waals surface area contributed by atoms with E-state index >= 15 is 0 Å². The molecule has 1 aromatic rings. The van der Waals surface area contributed by atoms with Gasteiger partial charge in [0.2, 0.25) is 10.0 Å². The van der Waals surface area contributed by atoms with Crippen molar-refractivity contribution in [1.29, 1.82) is 0 Å². The van der Waals surface area contributed by atoms with Crippen molar-refractivity contribution in [3.8, 4) is 0 Å². The molecular formula is C14H18ClNO4S. The molecule has 21 heavy (non-hydrogen) atoms. The molecule has 0 heterocycles. The molecule has 0 radical (unpaired) electrons. The maximum absolute atomic E-state index is 12.3. The van der Waals surface area contributed by atoms with Crippen LogP contribution in [-0.2, 0) is 10.0 Å². The molecule has 1 aliphatic rings. The molecule has 0 bridgehead atoms. The molecule has 0 spiro atoms. The number of carboxylic acid groups (broad SMARTS) is 1. The summed E-state index contributed by atoms with van der Waals surface area (Å²) in [5, 5.41) is 8.96. The van der Waals surface area contributed by atoms with Crippen LogP contribution >= 0.6 is 11.6 Å². The quantitative estimate of drug-likeness (QED) is 0.869. The van der Waals surface area contributed by atoms with E-state index in [0.29, 0.717) is 18.4 Å². The highest BCUT2D eigenvalue weighted by Crippen LogP contribution is 2.30. The number of sulfonamides is 1. The minimum Gasteiger partial charge on any atom is -0.478 e. The van der Waals surface area contributed by atoms with Crippen molar-refractivity contribution in [2.75, 3.05) is 6.54 Å². The van der Waals surface area contributed by atoms with E-state index in [1.807, 2.05) is 0 Å². The van der Waals surface area contributed by atoms with Crippen LogP contribution in [0.15, 0.2) is 23.1 Å². The lowest BCUT2D eigenvalue weighted by atomic mass is 10.1. The molecule has 2 unspecified atom stereocenters. The molecule has 1 aromatic carbocycles. The lowest BCUT2D eigenvalue weighted by Crippen LogP contribution is -2.29. The van der Waals surface area contributed by atoms with Crippen LogP contribution in [0.4, 0.5) is 0 Å². The topological polar surface area (TPSA) is 83.5 Å². The van der Waals surface area contributed by atoms with Crippen molar-refractivity contribution in [3.05, 3.63) is 28.8 Å². The van der Waals surface area contributed by atoms with Crippen molar-refractivity contribution < 1.29 is 18.3 Å². The first-order valence-corrected chi connectivity index (χ1v) is 8.68. The van der Waals surface area contributed by atoms with E-state index in [1.165, 1.54) is 12.1 Å². The van der Waals surface area contributed by atoms with Crippen LogP contribution in [0.25, 0.3) is 0 Å². The normalized spacial score (nSPS) is 22.4. The molecule has 2 rings (SSSR count). The Morgan fingerprint density at radius 3 is 2.71 bits per heavy atom. The van der Waals surface area contributed by atoms with E-state index in [-0.39, 0.29) is 15.5 Å². The second-order valence-corrected chi connectivity index (χ2v) is 7.73. The van der Waals surface area contributed by atoms with Crippen LogP contribution in [0.2, 0.25) is 5.02 Å². The number of rotatable bonds is 5. The molecule has 0 saturated heterocycles. The van der Waals surface area contributed by atoms with Gasteiger partial charge in [-0.1, -0.05) is 24.9 Å². The molecule has 2 atom stereocenters. The van der Waals surface area contributed by atoms with Crippen molar-refractivity contribution in [2.24, 2.45) is 11.8 Å². The molecular weight excluding hydrogens is 314 g/mol. The standard InChI is InChI=1S/C14H18ClNO4S/c1-9-2-3-10(6-9)8-16-21(19,20)13-7-11(14(17)18)4-5-12(13)15/h4-5,7,9-10,16H,2-3,6,8H2,1H3,(H,17,18). The zero-order valence-corrected chi connectivity index (χ0v) is 13.2. The minimum absolute atomic E-state index is 0.0206. The Balaban J connectivity index is 2.15. The van der Waals surface area contributed by atoms with Gasteiger partial charge in [-0.3, -0.25) is 0 Å². The van der Waals surface area contributed by atoms with Gasteiger partial charge in [0.15, 0.2) is 0 Å². The number of hydrogen-bond acceptors (Lipinski definition) is 3. The molecule has 116 valence electrons. The number of benzene rings is 1. The zero-order valence-electron chi connectivity index (χ0n) is 11.7. The third-order valence-electron chi connectivity index (χ3n) is 3.83. The van der Waals surface area contributed by atoms with Gasteiger partial charge in [0.25, 0.3) is 0 Å². The zero-order chi connectivity index (χ0) is 15.6. The second-order valence-electron chi connectivity index (χ2n) is 5.59. The Hall–Kier alpha value is -1.11. The van der Waals surface area contributed by atoms with Gasteiger partial charge in [-0.05, 0) is 42.9 Å². The van der Waals surface area contributed by atoms with Gasteiger partial charge >= 0.3 is 5.97 Å². The number of hydrogen-bond donors (Lipinski definition) is 2. The summed E-state index contributed by atoms with van der Waals surface area (Å²) in [4.78, 5) is 10.8. The van der Waals surface area contributed by atoms with E-state index in [0.717, 1.165) is 25.3 Å². The molecule has 0 amide bonds. The maximum atomic E-state index is 12.3. The highest BCUT2D eigenvalue weighted by molar-refractivity contribution is 7.89. The van der Waals surface area contributed by atoms with Crippen LogP contribution in [0.1, 0.15) is 36.5 Å². The monoisotopic (exact) mass is 331 g/mol. The first-order chi connectivity index (χ1) is 9.79. The van der Waals surface area contributed by atoms with Crippen LogP contribution < -0.4 is 4.72 Å². The van der Waals surface area contributed by atoms with Gasteiger partial charge in [-0.15, -0.1) is 0 Å². The highest BCUT2D eigenvalue weighted by Gasteiger charge is 2.25. The first-order valence-electron chi connectivity index (χ1n) is 6.82. The molecule has 1 saturated carbocycles. The van der Waals surface area contributed by atoms with Gasteiger partial charge in [0.1, 0.15) is 4.90 Å². The summed E-state index contributed by atoms with van der Waals surface area (Å²) in [6.45, 7) is 2.52. The molecule has 1 fully saturated rings. The first kappa shape index (κ1) is 16.3. The average Bonchev–Trinajstić information content (AvgIpc) is 2.82. The van der Waals surface area contributed by atoms with Gasteiger partial charge < -0.3 is 5.11 Å². The molecule has 1 aliphatic carbocycles. The lowest BCUT2D eigenvalue weighted by molar-refractivity contribution is 0.0696. The van der Waals surface area contributed by atoms with Gasteiger partial charge in [0.05, 0.1) is 10.6 Å². The molecule has 2 N–H and O–H groups in total. The minimum atomic E-state index is -3.80. The van der Waals surface area contributed by atoms with E-state index < -0.39 is 16.0 Å². The van der Waals surface area contributed by atoms with E-state index in [4.69, 9.17) is 16.7 Å². The number of carboxylic acids is 1. The summed E-state index contributed by atoms with van der Waals surface area (Å²) < 4.78 is 27.1. The lowest BCUT2D eigenvalue weighted by Gasteiger charge is -2.13. The maximum Gasteiger partial charge on any atom is 0.335 e. The Bertz CT molecular complexity index is 644. The Labute approximate surface area is 129 Å². The Morgan fingerprint density at radius 1 is 1.43 bits per heavy atom. The summed E-state index contributed by atoms with van der Waals surface area (Å²) in [6.07, 6.45) is 3.12. The van der Waals surface area contributed by atoms with Crippen LogP contribution in [0.5, 0.6) is 0 Å². The fraction of sp³-hybridized carbons (Fsp3) is 0.500. The number of nitrogens with one attached hydrogen (secondary N) is 1. The predicted molar refractivity (Wildman–Crippen MR) is 80.1 cm³/mol. The van der Waals surface area contributed by atoms with Crippen LogP contribution in [0.3, 0.4) is 0 Å². The molecule has 0 aliphatic heterocycles. The number of aromatic carboxylic acids is 1. The third kappa shape index (κ3) is 3.96. The Morgan fingerprint density at radius 2 is 2.14 bits per heavy atom. The largest absolute Gasteiger partial charge is 0.478 e. The fourth-order valence-electron chi connectivity index (χ4n) is 2.66. The van der Waals surface area contributed by atoms with Crippen LogP contribution in [-0.4, -0.2) is 26.0 Å². The van der Waals surface area contributed by atoms with Gasteiger partial charge in [-0.2, -0.15) is 0 Å². The molecule has 5 nitrogen and oxygen atoms in total. The van der Waals surface area contributed by atoms with E-state index in [2.05, 4.69) is 11.6 Å². The predicted octanol–water partition coefficient (Wildman–Crippen LogP) is 2.75. The van der Waals surface area contributed by atoms with Crippen molar-refractivity contribution in [3.63, 3.8) is 0 Å². The van der Waals surface area contributed by atoms with E-state index in [9.17, 15) is 13.2 Å². The van der Waals surface area contributed by atoms with Crippen LogP contribution in [0, 0.1) is 11.8 Å². The summed E-state index contributed by atoms with van der Waals surface area (Å²) in [5.41, 5.74) is -0.103. The van der Waals surface area contributed by atoms with E-state index in [1.54, 1.807) is 0 Å². The highest BCUT2D eigenvalue weighted by atomic mass is 35.5. The SMILES string of the molecule is CC1CCC(CNS(=O)(=O)c2cc(C(=O)O)ccc2Cl)C1. The fourth-order valence-corrected chi connectivity index (χ4v) is 4.30. The molecule has 7 heteroatoms. The summed E-state index contributed by atoms with van der Waals surface area (Å²) >= 11 is 5.89. The van der Waals surface area contributed by atoms with Gasteiger partial charge in [0, 0.05) is 6.54 Å². The number of carbonyl (C=O) groups is 1. The van der Waals surface area contributed by atoms with Crippen molar-refractivity contribution in [2.45, 2.75) is 31.1 Å². The van der Waals surface area contributed by atoms with Gasteiger partial charge in [-0.25, -0.2) is 17.9 Å². The molecule has 0 aromatic heterocycles. The number of halogens is 1. The van der Waals surface area contributed by atoms with Crippen molar-refractivity contribution in [1.82, 2.24) is 4.72 Å². The summed E-state index contributed by atoms with van der Waals surface area (Å²) in [7, 11) is -3.80. The average molecular weight is 332 g/mol. The smallest absolute Gasteiger partial charge is 0.335 e. The Kier molecular flexibility index (Phi) is 4.91.